The van der Waals surface area contributed by atoms with Gasteiger partial charge in [-0.1, -0.05) is 103 Å². The van der Waals surface area contributed by atoms with Gasteiger partial charge in [0.1, 0.15) is 0 Å². The fourth-order valence-electron chi connectivity index (χ4n) is 2.98. The lowest BCUT2D eigenvalue weighted by atomic mass is 10.0. The summed E-state index contributed by atoms with van der Waals surface area (Å²) in [5, 5.41) is 0. The number of unbranched alkanes of at least 4 members (excludes halogenated alkanes) is 15. The quantitative estimate of drug-likeness (QED) is 0.208. The molecule has 0 radical (unpaired) electrons. The summed E-state index contributed by atoms with van der Waals surface area (Å²) in [6.45, 7) is 4.15. The lowest BCUT2D eigenvalue weighted by Gasteiger charge is -2.05. The van der Waals surface area contributed by atoms with Gasteiger partial charge in [-0.25, -0.2) is 11.4 Å². The van der Waals surface area contributed by atoms with Crippen molar-refractivity contribution in [3.8, 4) is 0 Å². The molecule has 4 heteroatoms. The molecular weight excluding hydrogens is 300 g/mol. The number of hydroxylamine groups is 1. The molecule has 4 nitrogen and oxygen atoms in total. The SMILES string of the molecule is CCCCCCCCCCCCCCCCCCNOCCON. The monoisotopic (exact) mass is 344 g/mol. The van der Waals surface area contributed by atoms with Gasteiger partial charge in [0.2, 0.25) is 0 Å². The number of nitrogens with one attached hydrogen (secondary N) is 1. The van der Waals surface area contributed by atoms with Crippen molar-refractivity contribution in [3.63, 3.8) is 0 Å². The summed E-state index contributed by atoms with van der Waals surface area (Å²) in [6.07, 6.45) is 22.5. The van der Waals surface area contributed by atoms with Crippen molar-refractivity contribution in [2.24, 2.45) is 5.90 Å². The number of rotatable bonds is 21. The zero-order chi connectivity index (χ0) is 17.6. The van der Waals surface area contributed by atoms with E-state index in [1.165, 1.54) is 103 Å². The number of nitrogens with two attached hydrogens (primary N) is 1. The minimum atomic E-state index is 0.436. The average Bonchev–Trinajstić information content (AvgIpc) is 2.60. The van der Waals surface area contributed by atoms with Gasteiger partial charge in [0.15, 0.2) is 0 Å². The Balaban J connectivity index is 2.93. The van der Waals surface area contributed by atoms with E-state index in [4.69, 9.17) is 10.7 Å². The van der Waals surface area contributed by atoms with Gasteiger partial charge in [-0.15, -0.1) is 0 Å². The Morgan fingerprint density at radius 1 is 0.583 bits per heavy atom. The van der Waals surface area contributed by atoms with Crippen LogP contribution in [0.5, 0.6) is 0 Å². The maximum Gasteiger partial charge on any atom is 0.0936 e. The van der Waals surface area contributed by atoms with E-state index in [0.29, 0.717) is 13.2 Å². The molecule has 0 rings (SSSR count). The van der Waals surface area contributed by atoms with Crippen molar-refractivity contribution in [1.29, 1.82) is 0 Å². The Morgan fingerprint density at radius 2 is 1.00 bits per heavy atom. The molecule has 0 saturated heterocycles. The maximum atomic E-state index is 5.14. The Bertz CT molecular complexity index is 194. The zero-order valence-corrected chi connectivity index (χ0v) is 16.3. The first-order chi connectivity index (χ1) is 11.9. The van der Waals surface area contributed by atoms with Crippen LogP contribution in [0.2, 0.25) is 0 Å². The van der Waals surface area contributed by atoms with Crippen LogP contribution in [0.1, 0.15) is 110 Å². The van der Waals surface area contributed by atoms with Crippen molar-refractivity contribution in [1.82, 2.24) is 5.48 Å². The highest BCUT2D eigenvalue weighted by Crippen LogP contribution is 2.13. The third-order valence-corrected chi connectivity index (χ3v) is 4.54. The summed E-state index contributed by atoms with van der Waals surface area (Å²) in [7, 11) is 0. The highest BCUT2D eigenvalue weighted by Gasteiger charge is 1.95. The van der Waals surface area contributed by atoms with E-state index in [-0.39, 0.29) is 0 Å². The molecule has 0 amide bonds. The van der Waals surface area contributed by atoms with Crippen LogP contribution in [-0.2, 0) is 9.68 Å². The van der Waals surface area contributed by atoms with E-state index in [9.17, 15) is 0 Å². The van der Waals surface area contributed by atoms with Gasteiger partial charge < -0.3 is 4.84 Å². The zero-order valence-electron chi connectivity index (χ0n) is 16.3. The largest absolute Gasteiger partial charge is 0.302 e. The van der Waals surface area contributed by atoms with Crippen molar-refractivity contribution < 1.29 is 9.68 Å². The summed E-state index contributed by atoms with van der Waals surface area (Å²) in [5.74, 6) is 4.90. The van der Waals surface area contributed by atoms with E-state index in [1.54, 1.807) is 0 Å². The second-order valence-electron chi connectivity index (χ2n) is 6.92. The van der Waals surface area contributed by atoms with Crippen LogP contribution in [0, 0.1) is 0 Å². The fraction of sp³-hybridized carbons (Fsp3) is 1.00. The summed E-state index contributed by atoms with van der Waals surface area (Å²) in [4.78, 5) is 9.56. The fourth-order valence-corrected chi connectivity index (χ4v) is 2.98. The summed E-state index contributed by atoms with van der Waals surface area (Å²) in [5.41, 5.74) is 2.93. The highest BCUT2D eigenvalue weighted by atomic mass is 16.7. The molecule has 3 N–H and O–H groups in total. The van der Waals surface area contributed by atoms with Crippen LogP contribution in [0.25, 0.3) is 0 Å². The second kappa shape index (κ2) is 22.8. The van der Waals surface area contributed by atoms with Gasteiger partial charge in [0.25, 0.3) is 0 Å². The molecule has 0 spiro atoms. The van der Waals surface area contributed by atoms with Gasteiger partial charge >= 0.3 is 0 Å². The van der Waals surface area contributed by atoms with Gasteiger partial charge in [-0.2, -0.15) is 0 Å². The van der Waals surface area contributed by atoms with Crippen LogP contribution in [0.4, 0.5) is 0 Å². The van der Waals surface area contributed by atoms with Gasteiger partial charge in [-0.3, -0.25) is 4.84 Å². The smallest absolute Gasteiger partial charge is 0.0936 e. The summed E-state index contributed by atoms with van der Waals surface area (Å²) in [6, 6.07) is 0. The summed E-state index contributed by atoms with van der Waals surface area (Å²) < 4.78 is 0. The molecule has 0 atom stereocenters. The molecule has 0 aromatic rings. The molecule has 0 aliphatic carbocycles. The molecule has 0 bridgehead atoms. The van der Waals surface area contributed by atoms with Gasteiger partial charge in [-0.05, 0) is 6.42 Å². The molecule has 0 aromatic heterocycles. The van der Waals surface area contributed by atoms with E-state index in [0.717, 1.165) is 6.54 Å². The predicted molar refractivity (Wildman–Crippen MR) is 104 cm³/mol. The molecule has 146 valence electrons. The van der Waals surface area contributed by atoms with E-state index in [1.807, 2.05) is 0 Å². The van der Waals surface area contributed by atoms with Crippen LogP contribution in [0.15, 0.2) is 0 Å². The predicted octanol–water partition coefficient (Wildman–Crippen LogP) is 5.66. The molecule has 0 aromatic carbocycles. The van der Waals surface area contributed by atoms with E-state index in [2.05, 4.69) is 17.2 Å². The summed E-state index contributed by atoms with van der Waals surface area (Å²) >= 11 is 0. The first kappa shape index (κ1) is 23.8. The average molecular weight is 345 g/mol. The first-order valence-corrected chi connectivity index (χ1v) is 10.6. The lowest BCUT2D eigenvalue weighted by Crippen LogP contribution is -2.20. The molecule has 0 saturated carbocycles. The molecular formula is C20H44N2O2. The Labute approximate surface area is 151 Å². The molecule has 0 heterocycles. The van der Waals surface area contributed by atoms with Crippen LogP contribution in [-0.4, -0.2) is 19.8 Å². The van der Waals surface area contributed by atoms with Crippen LogP contribution >= 0.6 is 0 Å². The minimum Gasteiger partial charge on any atom is -0.302 e. The van der Waals surface area contributed by atoms with Crippen molar-refractivity contribution >= 4 is 0 Å². The Hall–Kier alpha value is -0.160. The molecule has 0 aliphatic rings. The maximum absolute atomic E-state index is 5.14. The minimum absolute atomic E-state index is 0.436. The van der Waals surface area contributed by atoms with E-state index >= 15 is 0 Å². The number of hydrogen-bond donors (Lipinski definition) is 2. The molecule has 0 fully saturated rings. The Morgan fingerprint density at radius 3 is 1.42 bits per heavy atom. The van der Waals surface area contributed by atoms with Gasteiger partial charge in [0, 0.05) is 6.54 Å². The topological polar surface area (TPSA) is 56.5 Å². The third-order valence-electron chi connectivity index (χ3n) is 4.54. The Kier molecular flexibility index (Phi) is 22.7. The van der Waals surface area contributed by atoms with Crippen molar-refractivity contribution in [2.75, 3.05) is 19.8 Å². The van der Waals surface area contributed by atoms with Crippen molar-refractivity contribution in [3.05, 3.63) is 0 Å². The van der Waals surface area contributed by atoms with E-state index < -0.39 is 0 Å². The highest BCUT2D eigenvalue weighted by molar-refractivity contribution is 4.50. The number of hydrogen-bond acceptors (Lipinski definition) is 4. The van der Waals surface area contributed by atoms with Crippen LogP contribution < -0.4 is 11.4 Å². The molecule has 0 unspecified atom stereocenters. The second-order valence-corrected chi connectivity index (χ2v) is 6.92. The standard InChI is InChI=1S/C20H44N2O2/c1-2-3-4-5-6-7-8-9-10-11-12-13-14-15-16-17-18-22-24-20-19-23-21/h22H,2-21H2,1H3. The first-order valence-electron chi connectivity index (χ1n) is 10.6. The van der Waals surface area contributed by atoms with Crippen molar-refractivity contribution in [2.45, 2.75) is 110 Å². The van der Waals surface area contributed by atoms with Gasteiger partial charge in [0.05, 0.1) is 13.2 Å². The van der Waals surface area contributed by atoms with Crippen LogP contribution in [0.3, 0.4) is 0 Å². The third kappa shape index (κ3) is 21.8. The lowest BCUT2D eigenvalue weighted by molar-refractivity contribution is -0.00544. The molecule has 0 aliphatic heterocycles. The molecule has 24 heavy (non-hydrogen) atoms. The normalized spacial score (nSPS) is 11.2.